The Morgan fingerprint density at radius 1 is 1.03 bits per heavy atom. The fourth-order valence-electron chi connectivity index (χ4n) is 3.74. The number of benzene rings is 2. The third-order valence-electron chi connectivity index (χ3n) is 5.53. The van der Waals surface area contributed by atoms with Gasteiger partial charge >= 0.3 is 6.36 Å². The number of aryl methyl sites for hydroxylation is 1. The molecule has 1 N–H and O–H groups in total. The quantitative estimate of drug-likeness (QED) is 0.171. The fraction of sp³-hybridized carbons (Fsp3) is 0.360. The van der Waals surface area contributed by atoms with E-state index in [2.05, 4.69) is 20.0 Å². The average Bonchev–Trinajstić information content (AvgIpc) is 3.36. The molecule has 0 aliphatic rings. The Bertz CT molecular complexity index is 1430. The van der Waals surface area contributed by atoms with Crippen LogP contribution in [0.25, 0.3) is 21.3 Å². The minimum atomic E-state index is -4.77. The van der Waals surface area contributed by atoms with Crippen LogP contribution in [0.15, 0.2) is 36.4 Å². The highest BCUT2D eigenvalue weighted by atomic mass is 32.1. The van der Waals surface area contributed by atoms with E-state index in [1.807, 2.05) is 17.7 Å². The monoisotopic (exact) mass is 534 g/mol. The van der Waals surface area contributed by atoms with Gasteiger partial charge in [0.1, 0.15) is 11.5 Å². The van der Waals surface area contributed by atoms with Gasteiger partial charge in [-0.3, -0.25) is 4.79 Å². The molecule has 4 aromatic rings. The second kappa shape index (κ2) is 11.3. The number of ketones is 2. The number of fused-ring (bicyclic) bond motifs is 2. The summed E-state index contributed by atoms with van der Waals surface area (Å²) in [5.74, 6) is 0.284. The van der Waals surface area contributed by atoms with Crippen LogP contribution in [-0.4, -0.2) is 45.7 Å². The first kappa shape index (κ1) is 26.6. The van der Waals surface area contributed by atoms with Gasteiger partial charge < -0.3 is 24.2 Å². The van der Waals surface area contributed by atoms with Gasteiger partial charge in [-0.25, -0.2) is 9.97 Å². The van der Waals surface area contributed by atoms with Gasteiger partial charge in [-0.05, 0) is 50.1 Å². The Morgan fingerprint density at radius 2 is 1.78 bits per heavy atom. The Balaban J connectivity index is 1.39. The number of imidazole rings is 1. The molecule has 37 heavy (non-hydrogen) atoms. The maximum Gasteiger partial charge on any atom is 0.573 e. The number of nitrogens with one attached hydrogen (secondary N) is 1. The van der Waals surface area contributed by atoms with Crippen LogP contribution in [0.1, 0.15) is 43.0 Å². The molecule has 8 nitrogen and oxygen atoms in total. The number of carbonyl (C=O) groups is 2. The van der Waals surface area contributed by atoms with Gasteiger partial charge in [-0.1, -0.05) is 11.3 Å². The molecule has 0 aliphatic carbocycles. The number of hydrogen-bond donors (Lipinski definition) is 1. The van der Waals surface area contributed by atoms with Crippen LogP contribution in [0.5, 0.6) is 5.75 Å². The standard InChI is InChI=1S/C25H25F3N4O4S/c1-15(33)5-3-11-35-12-4-6-21(34)16-7-10-20-19(13-16)29-23(32(20)2)31-24-30-18-9-8-17(14-22(18)37-24)36-25(26,27)28/h7-10,13-14H,3-6,11-12H2,1-2H3,(H,29,30,31). The molecule has 0 unspecified atom stereocenters. The summed E-state index contributed by atoms with van der Waals surface area (Å²) in [6.07, 6.45) is -2.67. The maximum atomic E-state index is 12.6. The Kier molecular flexibility index (Phi) is 8.08. The number of alkyl halides is 3. The van der Waals surface area contributed by atoms with Crippen molar-refractivity contribution in [3.63, 3.8) is 0 Å². The minimum Gasteiger partial charge on any atom is -0.406 e. The van der Waals surface area contributed by atoms with Gasteiger partial charge in [-0.15, -0.1) is 13.2 Å². The van der Waals surface area contributed by atoms with Gasteiger partial charge in [-0.2, -0.15) is 0 Å². The van der Waals surface area contributed by atoms with E-state index in [0.29, 0.717) is 71.3 Å². The Morgan fingerprint density at radius 3 is 2.51 bits per heavy atom. The molecule has 0 aliphatic heterocycles. The normalized spacial score (nSPS) is 11.8. The number of ether oxygens (including phenoxy) is 2. The van der Waals surface area contributed by atoms with E-state index in [4.69, 9.17) is 4.74 Å². The lowest BCUT2D eigenvalue weighted by Crippen LogP contribution is -2.16. The zero-order valence-electron chi connectivity index (χ0n) is 20.2. The summed E-state index contributed by atoms with van der Waals surface area (Å²) in [7, 11) is 1.81. The summed E-state index contributed by atoms with van der Waals surface area (Å²) >= 11 is 1.17. The number of thiazole rings is 1. The second-order valence-electron chi connectivity index (χ2n) is 8.46. The Hall–Kier alpha value is -3.51. The van der Waals surface area contributed by atoms with Crippen LogP contribution in [-0.2, 0) is 16.6 Å². The van der Waals surface area contributed by atoms with E-state index in [-0.39, 0.29) is 17.3 Å². The van der Waals surface area contributed by atoms with Crippen LogP contribution in [0.4, 0.5) is 24.3 Å². The van der Waals surface area contributed by atoms with E-state index in [1.54, 1.807) is 19.1 Å². The molecule has 4 rings (SSSR count). The highest BCUT2D eigenvalue weighted by Crippen LogP contribution is 2.33. The molecule has 2 heterocycles. The van der Waals surface area contributed by atoms with Crippen molar-refractivity contribution in [2.45, 2.75) is 39.0 Å². The van der Waals surface area contributed by atoms with Crippen LogP contribution in [0.2, 0.25) is 0 Å². The van der Waals surface area contributed by atoms with Crippen molar-refractivity contribution in [3.05, 3.63) is 42.0 Å². The fourth-order valence-corrected chi connectivity index (χ4v) is 4.63. The highest BCUT2D eigenvalue weighted by molar-refractivity contribution is 7.22. The third-order valence-corrected chi connectivity index (χ3v) is 6.46. The van der Waals surface area contributed by atoms with Gasteiger partial charge in [0.15, 0.2) is 10.9 Å². The molecule has 196 valence electrons. The third kappa shape index (κ3) is 7.04. The summed E-state index contributed by atoms with van der Waals surface area (Å²) in [5.41, 5.74) is 2.50. The molecular formula is C25H25F3N4O4S. The molecule has 2 aromatic heterocycles. The first-order chi connectivity index (χ1) is 17.6. The summed E-state index contributed by atoms with van der Waals surface area (Å²) < 4.78 is 49.3. The van der Waals surface area contributed by atoms with Crippen molar-refractivity contribution < 1.29 is 32.2 Å². The molecule has 0 saturated carbocycles. The summed E-state index contributed by atoms with van der Waals surface area (Å²) in [6, 6.07) is 9.27. The average molecular weight is 535 g/mol. The van der Waals surface area contributed by atoms with Crippen molar-refractivity contribution in [2.75, 3.05) is 18.5 Å². The molecule has 0 radical (unpaired) electrons. The van der Waals surface area contributed by atoms with Crippen molar-refractivity contribution in [2.24, 2.45) is 7.05 Å². The van der Waals surface area contributed by atoms with Crippen molar-refractivity contribution in [1.29, 1.82) is 0 Å². The van der Waals surface area contributed by atoms with Crippen LogP contribution >= 0.6 is 11.3 Å². The van der Waals surface area contributed by atoms with Gasteiger partial charge in [0.05, 0.1) is 21.3 Å². The van der Waals surface area contributed by atoms with E-state index in [9.17, 15) is 22.8 Å². The van der Waals surface area contributed by atoms with Gasteiger partial charge in [0, 0.05) is 44.7 Å². The number of carbonyl (C=O) groups excluding carboxylic acids is 2. The summed E-state index contributed by atoms with van der Waals surface area (Å²) in [4.78, 5) is 32.5. The lowest BCUT2D eigenvalue weighted by molar-refractivity contribution is -0.274. The first-order valence-corrected chi connectivity index (χ1v) is 12.4. The van der Waals surface area contributed by atoms with Crippen molar-refractivity contribution >= 4 is 55.2 Å². The summed E-state index contributed by atoms with van der Waals surface area (Å²) in [6.45, 7) is 2.50. The number of aromatic nitrogens is 3. The van der Waals surface area contributed by atoms with Crippen LogP contribution in [0.3, 0.4) is 0 Å². The molecule has 12 heteroatoms. The SMILES string of the molecule is CC(=O)CCCOCCCC(=O)c1ccc2c(c1)nc(Nc1nc3ccc(OC(F)(F)F)cc3s1)n2C. The lowest BCUT2D eigenvalue weighted by atomic mass is 10.1. The van der Waals surface area contributed by atoms with E-state index in [1.165, 1.54) is 29.5 Å². The molecule has 0 atom stereocenters. The smallest absolute Gasteiger partial charge is 0.406 e. The number of rotatable bonds is 12. The molecule has 2 aromatic carbocycles. The lowest BCUT2D eigenvalue weighted by Gasteiger charge is -2.07. The maximum absolute atomic E-state index is 12.6. The molecule has 0 bridgehead atoms. The van der Waals surface area contributed by atoms with Crippen LogP contribution < -0.4 is 10.1 Å². The highest BCUT2D eigenvalue weighted by Gasteiger charge is 2.31. The largest absolute Gasteiger partial charge is 0.573 e. The molecular weight excluding hydrogens is 509 g/mol. The molecule has 0 fully saturated rings. The molecule has 0 spiro atoms. The van der Waals surface area contributed by atoms with Crippen molar-refractivity contribution in [3.8, 4) is 5.75 Å². The second-order valence-corrected chi connectivity index (χ2v) is 9.49. The number of Topliss-reactive ketones (excluding diaryl/α,β-unsaturated/α-hetero) is 2. The Labute approximate surface area is 214 Å². The number of hydrogen-bond acceptors (Lipinski definition) is 8. The van der Waals surface area contributed by atoms with Gasteiger partial charge in [0.2, 0.25) is 5.95 Å². The number of halogens is 3. The van der Waals surface area contributed by atoms with Crippen LogP contribution in [0, 0.1) is 0 Å². The zero-order chi connectivity index (χ0) is 26.6. The molecule has 0 amide bonds. The predicted molar refractivity (Wildman–Crippen MR) is 135 cm³/mol. The van der Waals surface area contributed by atoms with E-state index >= 15 is 0 Å². The van der Waals surface area contributed by atoms with Gasteiger partial charge in [0.25, 0.3) is 0 Å². The summed E-state index contributed by atoms with van der Waals surface area (Å²) in [5, 5.41) is 3.56. The van der Waals surface area contributed by atoms with E-state index < -0.39 is 6.36 Å². The topological polar surface area (TPSA) is 95.3 Å². The number of anilines is 2. The first-order valence-electron chi connectivity index (χ1n) is 11.6. The molecule has 0 saturated heterocycles. The predicted octanol–water partition coefficient (Wildman–Crippen LogP) is 6.17. The van der Waals surface area contributed by atoms with Crippen molar-refractivity contribution in [1.82, 2.24) is 14.5 Å². The number of nitrogens with zero attached hydrogens (tertiary/aromatic N) is 3. The van der Waals surface area contributed by atoms with E-state index in [0.717, 1.165) is 5.52 Å². The zero-order valence-corrected chi connectivity index (χ0v) is 21.0. The minimum absolute atomic E-state index is 0.0162.